The van der Waals surface area contributed by atoms with Crippen LogP contribution in [0.25, 0.3) is 41.7 Å². The molecule has 20 heavy (non-hydrogen) atoms. The number of hydrogen-bond acceptors (Lipinski definition) is 1. The maximum Gasteiger partial charge on any atom is 0.0440 e. The summed E-state index contributed by atoms with van der Waals surface area (Å²) in [5.41, 5.74) is 1.36. The Bertz CT molecular complexity index is 1100. The van der Waals surface area contributed by atoms with Crippen LogP contribution in [0.1, 0.15) is 5.56 Å². The molecule has 0 atom stereocenters. The van der Waals surface area contributed by atoms with Gasteiger partial charge in [0.2, 0.25) is 0 Å². The molecule has 0 unspecified atom stereocenters. The van der Waals surface area contributed by atoms with Crippen LogP contribution in [0.2, 0.25) is 0 Å². The fourth-order valence-electron chi connectivity index (χ4n) is 3.39. The summed E-state index contributed by atoms with van der Waals surface area (Å²) >= 11 is 1.93. The molecule has 1 aromatic heterocycles. The number of benzene rings is 4. The van der Waals surface area contributed by atoms with Gasteiger partial charge in [0, 0.05) is 20.2 Å². The van der Waals surface area contributed by atoms with Crippen LogP contribution >= 0.6 is 11.3 Å². The molecule has 0 amide bonds. The molecule has 0 aliphatic carbocycles. The van der Waals surface area contributed by atoms with Crippen molar-refractivity contribution >= 4 is 53.1 Å². The Morgan fingerprint density at radius 2 is 1.60 bits per heavy atom. The summed E-state index contributed by atoms with van der Waals surface area (Å²) in [5.74, 6) is 0. The summed E-state index contributed by atoms with van der Waals surface area (Å²) in [6, 6.07) is 20.1. The molecule has 0 spiro atoms. The van der Waals surface area contributed by atoms with Crippen molar-refractivity contribution in [2.75, 3.05) is 0 Å². The molecule has 0 saturated carbocycles. The monoisotopic (exact) mass is 272 g/mol. The van der Waals surface area contributed by atoms with Crippen LogP contribution < -0.4 is 0 Å². The molecule has 0 N–H and O–H groups in total. The Labute approximate surface area is 120 Å². The zero-order valence-corrected chi connectivity index (χ0v) is 11.9. The number of thiophene rings is 1. The molecule has 94 valence electrons. The molecule has 0 bridgehead atoms. The van der Waals surface area contributed by atoms with Crippen LogP contribution in [-0.4, -0.2) is 0 Å². The average molecular weight is 272 g/mol. The third-order valence-corrected chi connectivity index (χ3v) is 5.54. The molecule has 1 heteroatoms. The lowest BCUT2D eigenvalue weighted by molar-refractivity contribution is 1.54. The van der Waals surface area contributed by atoms with Crippen molar-refractivity contribution in [2.45, 2.75) is 6.92 Å². The molecule has 0 aliphatic rings. The first-order valence-corrected chi connectivity index (χ1v) is 7.70. The Balaban J connectivity index is 2.23. The lowest BCUT2D eigenvalue weighted by Gasteiger charge is -2.07. The predicted molar refractivity (Wildman–Crippen MR) is 90.3 cm³/mol. The van der Waals surface area contributed by atoms with E-state index in [2.05, 4.69) is 61.5 Å². The van der Waals surface area contributed by atoms with Gasteiger partial charge in [0.05, 0.1) is 0 Å². The number of fused-ring (bicyclic) bond motifs is 2. The molecular weight excluding hydrogens is 260 g/mol. The van der Waals surface area contributed by atoms with Gasteiger partial charge in [-0.05, 0) is 46.2 Å². The predicted octanol–water partition coefficient (Wildman–Crippen LogP) is 6.11. The van der Waals surface area contributed by atoms with E-state index in [1.807, 2.05) is 11.3 Å². The average Bonchev–Trinajstić information content (AvgIpc) is 2.87. The third kappa shape index (κ3) is 1.17. The van der Waals surface area contributed by atoms with Crippen molar-refractivity contribution in [1.29, 1.82) is 0 Å². The molecule has 5 aromatic rings. The van der Waals surface area contributed by atoms with Gasteiger partial charge in [-0.2, -0.15) is 0 Å². The number of rotatable bonds is 0. The minimum absolute atomic E-state index is 1.35. The second-order valence-electron chi connectivity index (χ2n) is 5.50. The van der Waals surface area contributed by atoms with Crippen LogP contribution in [0.3, 0.4) is 0 Å². The van der Waals surface area contributed by atoms with E-state index < -0.39 is 0 Å². The maximum absolute atomic E-state index is 2.35. The lowest BCUT2D eigenvalue weighted by Crippen LogP contribution is -1.81. The molecule has 4 aromatic carbocycles. The summed E-state index contributed by atoms with van der Waals surface area (Å²) in [6.07, 6.45) is 0. The van der Waals surface area contributed by atoms with Gasteiger partial charge in [0.25, 0.3) is 0 Å². The van der Waals surface area contributed by atoms with Crippen LogP contribution in [0.15, 0.2) is 54.6 Å². The van der Waals surface area contributed by atoms with Gasteiger partial charge in [-0.3, -0.25) is 0 Å². The van der Waals surface area contributed by atoms with Gasteiger partial charge in [0.1, 0.15) is 0 Å². The van der Waals surface area contributed by atoms with Gasteiger partial charge in [-0.1, -0.05) is 42.5 Å². The van der Waals surface area contributed by atoms with Gasteiger partial charge >= 0.3 is 0 Å². The third-order valence-electron chi connectivity index (χ3n) is 4.35. The number of aryl methyl sites for hydroxylation is 1. The molecular formula is C19H12S. The molecule has 0 nitrogen and oxygen atoms in total. The zero-order valence-electron chi connectivity index (χ0n) is 11.1. The van der Waals surface area contributed by atoms with Crippen molar-refractivity contribution in [1.82, 2.24) is 0 Å². The topological polar surface area (TPSA) is 0 Å². The second-order valence-corrected chi connectivity index (χ2v) is 6.55. The molecule has 0 fully saturated rings. The fourth-order valence-corrected chi connectivity index (χ4v) is 4.69. The van der Waals surface area contributed by atoms with E-state index in [0.29, 0.717) is 0 Å². The Morgan fingerprint density at radius 3 is 2.55 bits per heavy atom. The Hall–Kier alpha value is -2.12. The van der Waals surface area contributed by atoms with Gasteiger partial charge in [0.15, 0.2) is 0 Å². The zero-order chi connectivity index (χ0) is 13.3. The first kappa shape index (κ1) is 10.6. The van der Waals surface area contributed by atoms with E-state index >= 15 is 0 Å². The van der Waals surface area contributed by atoms with Gasteiger partial charge < -0.3 is 0 Å². The molecule has 0 saturated heterocycles. The van der Waals surface area contributed by atoms with Crippen molar-refractivity contribution < 1.29 is 0 Å². The van der Waals surface area contributed by atoms with E-state index in [-0.39, 0.29) is 0 Å². The summed E-state index contributed by atoms with van der Waals surface area (Å²) in [4.78, 5) is 0. The SMILES string of the molecule is Cc1cccc2c1cc1ccc3cccc4sc2c1c34. The normalized spacial score (nSPS) is 12.2. The fraction of sp³-hybridized carbons (Fsp3) is 0.0526. The van der Waals surface area contributed by atoms with E-state index in [1.165, 1.54) is 47.3 Å². The highest BCUT2D eigenvalue weighted by Gasteiger charge is 2.14. The van der Waals surface area contributed by atoms with E-state index in [9.17, 15) is 0 Å². The second kappa shape index (κ2) is 3.50. The highest BCUT2D eigenvalue weighted by Crippen LogP contribution is 2.44. The summed E-state index contributed by atoms with van der Waals surface area (Å²) in [6.45, 7) is 2.20. The van der Waals surface area contributed by atoms with Crippen molar-refractivity contribution in [2.24, 2.45) is 0 Å². The quantitative estimate of drug-likeness (QED) is 0.236. The summed E-state index contributed by atoms with van der Waals surface area (Å²) in [5, 5.41) is 8.38. The minimum Gasteiger partial charge on any atom is -0.134 e. The highest BCUT2D eigenvalue weighted by molar-refractivity contribution is 7.27. The Kier molecular flexibility index (Phi) is 1.86. The molecule has 0 radical (unpaired) electrons. The number of hydrogen-bond donors (Lipinski definition) is 0. The largest absolute Gasteiger partial charge is 0.134 e. The molecule has 0 aliphatic heterocycles. The van der Waals surface area contributed by atoms with E-state index in [4.69, 9.17) is 0 Å². The summed E-state index contributed by atoms with van der Waals surface area (Å²) < 4.78 is 2.84. The van der Waals surface area contributed by atoms with Crippen LogP contribution in [-0.2, 0) is 0 Å². The van der Waals surface area contributed by atoms with Crippen molar-refractivity contribution in [3.63, 3.8) is 0 Å². The van der Waals surface area contributed by atoms with Crippen LogP contribution in [0.5, 0.6) is 0 Å². The van der Waals surface area contributed by atoms with Gasteiger partial charge in [-0.25, -0.2) is 0 Å². The first-order chi connectivity index (χ1) is 9.83. The van der Waals surface area contributed by atoms with E-state index in [0.717, 1.165) is 0 Å². The van der Waals surface area contributed by atoms with Crippen LogP contribution in [0, 0.1) is 6.92 Å². The van der Waals surface area contributed by atoms with E-state index in [1.54, 1.807) is 0 Å². The molecule has 1 heterocycles. The van der Waals surface area contributed by atoms with Crippen molar-refractivity contribution in [3.05, 3.63) is 60.2 Å². The first-order valence-electron chi connectivity index (χ1n) is 6.88. The van der Waals surface area contributed by atoms with Crippen LogP contribution in [0.4, 0.5) is 0 Å². The Morgan fingerprint density at radius 1 is 0.750 bits per heavy atom. The maximum atomic E-state index is 2.35. The smallest absolute Gasteiger partial charge is 0.0440 e. The summed E-state index contributed by atoms with van der Waals surface area (Å²) in [7, 11) is 0. The molecule has 5 rings (SSSR count). The standard InChI is InChI=1S/C19H12S/c1-11-4-2-6-14-15(11)10-13-9-8-12-5-3-7-16-17(12)18(13)19(14)20-16/h2-10H,1H3. The highest BCUT2D eigenvalue weighted by atomic mass is 32.1. The van der Waals surface area contributed by atoms with Gasteiger partial charge in [-0.15, -0.1) is 11.3 Å². The van der Waals surface area contributed by atoms with Crippen molar-refractivity contribution in [3.8, 4) is 0 Å². The lowest BCUT2D eigenvalue weighted by atomic mass is 9.96. The minimum atomic E-state index is 1.35.